The number of hydrogen-bond acceptors (Lipinski definition) is 4. The number of hydrazine groups is 2. The number of aryl methyl sites for hydroxylation is 2. The molecule has 0 heterocycles. The van der Waals surface area contributed by atoms with Crippen molar-refractivity contribution in [3.05, 3.63) is 59.7 Å². The Balaban J connectivity index is 1.71. The molecule has 0 saturated carbocycles. The number of benzene rings is 2. The maximum absolute atomic E-state index is 11.8. The monoisotopic (exact) mass is 416 g/mol. The van der Waals surface area contributed by atoms with Gasteiger partial charge in [0.2, 0.25) is 0 Å². The zero-order valence-corrected chi connectivity index (χ0v) is 16.9. The van der Waals surface area contributed by atoms with Crippen LogP contribution in [0.5, 0.6) is 0 Å². The van der Waals surface area contributed by atoms with Crippen molar-refractivity contribution >= 4 is 57.8 Å². The second kappa shape index (κ2) is 10.2. The second-order valence-corrected chi connectivity index (χ2v) is 6.62. The van der Waals surface area contributed by atoms with E-state index in [0.717, 1.165) is 22.5 Å². The molecule has 2 amide bonds. The highest BCUT2D eigenvalue weighted by molar-refractivity contribution is 7.80. The van der Waals surface area contributed by atoms with Crippen LogP contribution in [0.25, 0.3) is 0 Å². The summed E-state index contributed by atoms with van der Waals surface area (Å²) in [7, 11) is 0. The minimum absolute atomic E-state index is 0.136. The predicted octanol–water partition coefficient (Wildman–Crippen LogP) is 1.64. The van der Waals surface area contributed by atoms with Gasteiger partial charge in [-0.05, 0) is 73.7 Å². The van der Waals surface area contributed by atoms with Crippen LogP contribution in [0.15, 0.2) is 48.5 Å². The summed E-state index contributed by atoms with van der Waals surface area (Å²) >= 11 is 10.1. The van der Waals surface area contributed by atoms with E-state index in [-0.39, 0.29) is 10.2 Å². The van der Waals surface area contributed by atoms with Gasteiger partial charge in [0.1, 0.15) is 0 Å². The summed E-state index contributed by atoms with van der Waals surface area (Å²) in [5.41, 5.74) is 12.9. The van der Waals surface area contributed by atoms with Gasteiger partial charge in [0.15, 0.2) is 10.2 Å². The molecule has 0 unspecified atom stereocenters. The fraction of sp³-hybridized carbons (Fsp3) is 0.111. The molecule has 146 valence electrons. The molecule has 0 aliphatic rings. The molecule has 0 aliphatic heterocycles. The smallest absolute Gasteiger partial charge is 0.329 e. The lowest BCUT2D eigenvalue weighted by molar-refractivity contribution is -0.139. The topological polar surface area (TPSA) is 106 Å². The summed E-state index contributed by atoms with van der Waals surface area (Å²) in [6.07, 6.45) is 0. The molecule has 8 nitrogen and oxygen atoms in total. The summed E-state index contributed by atoms with van der Waals surface area (Å²) in [6.45, 7) is 3.89. The van der Waals surface area contributed by atoms with E-state index >= 15 is 0 Å². The number of anilines is 2. The van der Waals surface area contributed by atoms with E-state index in [2.05, 4.69) is 32.3 Å². The molecule has 0 fully saturated rings. The molecule has 0 aliphatic carbocycles. The van der Waals surface area contributed by atoms with E-state index in [4.69, 9.17) is 24.4 Å². The summed E-state index contributed by atoms with van der Waals surface area (Å²) in [5.74, 6) is -1.89. The molecule has 10 heteroatoms. The number of hydrogen-bond donors (Lipinski definition) is 6. The van der Waals surface area contributed by atoms with Crippen LogP contribution in [0.4, 0.5) is 11.4 Å². The van der Waals surface area contributed by atoms with Crippen LogP contribution < -0.4 is 32.3 Å². The van der Waals surface area contributed by atoms with Crippen LogP contribution in [0.1, 0.15) is 11.1 Å². The lowest BCUT2D eigenvalue weighted by Crippen LogP contribution is -2.53. The predicted molar refractivity (Wildman–Crippen MR) is 117 cm³/mol. The normalized spacial score (nSPS) is 9.64. The van der Waals surface area contributed by atoms with Gasteiger partial charge < -0.3 is 10.6 Å². The Morgan fingerprint density at radius 2 is 1.07 bits per heavy atom. The first kappa shape index (κ1) is 21.1. The molecule has 0 bridgehead atoms. The van der Waals surface area contributed by atoms with Gasteiger partial charge in [0, 0.05) is 11.4 Å². The number of rotatable bonds is 2. The number of thiocarbonyl (C=S) groups is 2. The Hall–Kier alpha value is -3.24. The van der Waals surface area contributed by atoms with Crippen LogP contribution in [-0.2, 0) is 9.59 Å². The number of carbonyl (C=O) groups excluding carboxylic acids is 2. The van der Waals surface area contributed by atoms with E-state index in [1.54, 1.807) is 0 Å². The number of nitrogens with one attached hydrogen (secondary N) is 6. The average Bonchev–Trinajstić information content (AvgIpc) is 2.64. The van der Waals surface area contributed by atoms with E-state index < -0.39 is 11.8 Å². The standard InChI is InChI=1S/C18H20N6O2S2/c1-11-5-3-7-13(9-11)19-17(27)23-21-15(25)16(26)22-24-18(28)20-14-8-4-6-12(2)10-14/h3-10H,1-2H3,(H,21,25)(H,22,26)(H2,19,23,27)(H2,20,24,28). The molecule has 0 saturated heterocycles. The summed E-state index contributed by atoms with van der Waals surface area (Å²) < 4.78 is 0. The quantitative estimate of drug-likeness (QED) is 0.249. The molecular weight excluding hydrogens is 396 g/mol. The van der Waals surface area contributed by atoms with E-state index in [1.165, 1.54) is 0 Å². The van der Waals surface area contributed by atoms with Gasteiger partial charge in [-0.3, -0.25) is 31.3 Å². The van der Waals surface area contributed by atoms with Gasteiger partial charge >= 0.3 is 11.8 Å². The highest BCUT2D eigenvalue weighted by atomic mass is 32.1. The van der Waals surface area contributed by atoms with Crippen LogP contribution >= 0.6 is 24.4 Å². The molecular formula is C18H20N6O2S2. The second-order valence-electron chi connectivity index (χ2n) is 5.81. The SMILES string of the molecule is Cc1cccc(NC(=S)NNC(=O)C(=O)NNC(=S)Nc2cccc(C)c2)c1. The third-order valence-corrected chi connectivity index (χ3v) is 3.75. The molecule has 0 radical (unpaired) electrons. The van der Waals surface area contributed by atoms with Gasteiger partial charge in [0.05, 0.1) is 0 Å². The first-order chi connectivity index (χ1) is 13.3. The number of carbonyl (C=O) groups is 2. The molecule has 2 aromatic rings. The van der Waals surface area contributed by atoms with Gasteiger partial charge in [-0.15, -0.1) is 0 Å². The summed E-state index contributed by atoms with van der Waals surface area (Å²) in [5, 5.41) is 6.04. The van der Waals surface area contributed by atoms with Crippen molar-refractivity contribution in [1.82, 2.24) is 21.7 Å². The molecule has 6 N–H and O–H groups in total. The van der Waals surface area contributed by atoms with Crippen LogP contribution in [0.2, 0.25) is 0 Å². The van der Waals surface area contributed by atoms with Crippen molar-refractivity contribution in [2.45, 2.75) is 13.8 Å². The summed E-state index contributed by atoms with van der Waals surface area (Å²) in [6, 6.07) is 15.0. The van der Waals surface area contributed by atoms with Gasteiger partial charge in [-0.25, -0.2) is 0 Å². The van der Waals surface area contributed by atoms with Crippen molar-refractivity contribution in [1.29, 1.82) is 0 Å². The van der Waals surface area contributed by atoms with Crippen molar-refractivity contribution in [2.24, 2.45) is 0 Å². The minimum Gasteiger partial charge on any atom is -0.331 e. The lowest BCUT2D eigenvalue weighted by Gasteiger charge is -2.13. The molecule has 0 aromatic heterocycles. The Morgan fingerprint density at radius 1 is 0.679 bits per heavy atom. The zero-order valence-electron chi connectivity index (χ0n) is 15.3. The maximum Gasteiger partial charge on any atom is 0.329 e. The Bertz CT molecular complexity index is 830. The lowest BCUT2D eigenvalue weighted by atomic mass is 10.2. The molecule has 28 heavy (non-hydrogen) atoms. The van der Waals surface area contributed by atoms with Crippen LogP contribution in [-0.4, -0.2) is 22.0 Å². The third-order valence-electron chi connectivity index (χ3n) is 3.34. The molecule has 0 spiro atoms. The molecule has 2 rings (SSSR count). The summed E-state index contributed by atoms with van der Waals surface area (Å²) in [4.78, 5) is 23.6. The fourth-order valence-electron chi connectivity index (χ4n) is 2.11. The number of amides is 2. The van der Waals surface area contributed by atoms with Crippen LogP contribution in [0.3, 0.4) is 0 Å². The highest BCUT2D eigenvalue weighted by Crippen LogP contribution is 2.09. The first-order valence-corrected chi connectivity index (χ1v) is 9.03. The minimum atomic E-state index is -0.945. The van der Waals surface area contributed by atoms with Crippen molar-refractivity contribution < 1.29 is 9.59 Å². The van der Waals surface area contributed by atoms with Crippen LogP contribution in [0, 0.1) is 13.8 Å². The van der Waals surface area contributed by atoms with E-state index in [9.17, 15) is 9.59 Å². The average molecular weight is 417 g/mol. The maximum atomic E-state index is 11.8. The fourth-order valence-corrected chi connectivity index (χ4v) is 2.45. The zero-order chi connectivity index (χ0) is 20.5. The van der Waals surface area contributed by atoms with Gasteiger partial charge in [0.25, 0.3) is 0 Å². The molecule has 2 aromatic carbocycles. The van der Waals surface area contributed by atoms with Crippen molar-refractivity contribution in [3.8, 4) is 0 Å². The highest BCUT2D eigenvalue weighted by Gasteiger charge is 2.13. The van der Waals surface area contributed by atoms with Crippen molar-refractivity contribution in [2.75, 3.05) is 10.6 Å². The van der Waals surface area contributed by atoms with E-state index in [0.29, 0.717) is 0 Å². The largest absolute Gasteiger partial charge is 0.331 e. The first-order valence-electron chi connectivity index (χ1n) is 8.21. The third kappa shape index (κ3) is 7.17. The van der Waals surface area contributed by atoms with Gasteiger partial charge in [-0.2, -0.15) is 0 Å². The van der Waals surface area contributed by atoms with E-state index in [1.807, 2.05) is 62.4 Å². The van der Waals surface area contributed by atoms with Gasteiger partial charge in [-0.1, -0.05) is 24.3 Å². The Kier molecular flexibility index (Phi) is 7.66. The molecule has 0 atom stereocenters. The Morgan fingerprint density at radius 3 is 1.43 bits per heavy atom. The Labute approximate surface area is 173 Å². The van der Waals surface area contributed by atoms with Crippen molar-refractivity contribution in [3.63, 3.8) is 0 Å².